The number of ether oxygens (including phenoxy) is 1. The van der Waals surface area contributed by atoms with Gasteiger partial charge in [-0.25, -0.2) is 4.98 Å². The highest BCUT2D eigenvalue weighted by atomic mass is 32.1. The van der Waals surface area contributed by atoms with Gasteiger partial charge in [0.25, 0.3) is 0 Å². The van der Waals surface area contributed by atoms with E-state index in [1.54, 1.807) is 11.3 Å². The Morgan fingerprint density at radius 2 is 2.09 bits per heavy atom. The van der Waals surface area contributed by atoms with E-state index in [4.69, 9.17) is 4.74 Å². The average Bonchev–Trinajstić information content (AvgIpc) is 3.29. The zero-order valence-corrected chi connectivity index (χ0v) is 14.4. The molecule has 1 amide bonds. The van der Waals surface area contributed by atoms with E-state index in [1.165, 1.54) is 0 Å². The van der Waals surface area contributed by atoms with Gasteiger partial charge in [0.15, 0.2) is 0 Å². The fourth-order valence-corrected chi connectivity index (χ4v) is 3.21. The molecule has 0 spiro atoms. The van der Waals surface area contributed by atoms with E-state index in [2.05, 4.69) is 10.4 Å². The Hall–Kier alpha value is -1.88. The van der Waals surface area contributed by atoms with Crippen LogP contribution in [0.3, 0.4) is 0 Å². The standard InChI is InChI=1S/C18H22N2O2S/c1-3-22-17-8-4-14(5-9-17)10-18(21)20(16-6-7-16)11-15-12-23-13(2)19-15/h4-5,8-9,12,16H,3,6-7,10-11H2,1-2H3. The predicted molar refractivity (Wildman–Crippen MR) is 91.7 cm³/mol. The van der Waals surface area contributed by atoms with Crippen molar-refractivity contribution in [3.63, 3.8) is 0 Å². The van der Waals surface area contributed by atoms with Crippen LogP contribution in [0.15, 0.2) is 29.6 Å². The first-order valence-corrected chi connectivity index (χ1v) is 8.96. The van der Waals surface area contributed by atoms with Crippen LogP contribution < -0.4 is 4.74 Å². The third-order valence-electron chi connectivity index (χ3n) is 3.90. The maximum absolute atomic E-state index is 12.7. The second-order valence-corrected chi connectivity index (χ2v) is 6.93. The lowest BCUT2D eigenvalue weighted by atomic mass is 10.1. The number of aryl methyl sites for hydroxylation is 1. The van der Waals surface area contributed by atoms with Gasteiger partial charge in [-0.3, -0.25) is 4.79 Å². The lowest BCUT2D eigenvalue weighted by Crippen LogP contribution is -2.33. The van der Waals surface area contributed by atoms with Gasteiger partial charge in [-0.15, -0.1) is 11.3 Å². The Morgan fingerprint density at radius 1 is 1.35 bits per heavy atom. The molecule has 0 aliphatic heterocycles. The lowest BCUT2D eigenvalue weighted by molar-refractivity contribution is -0.131. The van der Waals surface area contributed by atoms with Crippen LogP contribution in [0.2, 0.25) is 0 Å². The van der Waals surface area contributed by atoms with Crippen LogP contribution in [0.25, 0.3) is 0 Å². The first kappa shape index (κ1) is 16.0. The monoisotopic (exact) mass is 330 g/mol. The van der Waals surface area contributed by atoms with Crippen molar-refractivity contribution in [3.05, 3.63) is 45.9 Å². The van der Waals surface area contributed by atoms with Crippen molar-refractivity contribution in [2.24, 2.45) is 0 Å². The van der Waals surface area contributed by atoms with Gasteiger partial charge in [-0.05, 0) is 44.4 Å². The fourth-order valence-electron chi connectivity index (χ4n) is 2.61. The van der Waals surface area contributed by atoms with Crippen molar-refractivity contribution in [1.29, 1.82) is 0 Å². The molecule has 0 radical (unpaired) electrons. The number of thiazole rings is 1. The summed E-state index contributed by atoms with van der Waals surface area (Å²) in [6, 6.07) is 8.20. The molecule has 5 heteroatoms. The molecule has 0 atom stereocenters. The number of rotatable bonds is 7. The Kier molecular flexibility index (Phi) is 4.96. The number of nitrogens with zero attached hydrogens (tertiary/aromatic N) is 2. The molecule has 0 unspecified atom stereocenters. The van der Waals surface area contributed by atoms with Gasteiger partial charge in [0.2, 0.25) is 5.91 Å². The Balaban J connectivity index is 1.64. The maximum Gasteiger partial charge on any atom is 0.227 e. The molecule has 1 aromatic heterocycles. The van der Waals surface area contributed by atoms with Crippen molar-refractivity contribution < 1.29 is 9.53 Å². The minimum Gasteiger partial charge on any atom is -0.494 e. The third kappa shape index (κ3) is 4.32. The summed E-state index contributed by atoms with van der Waals surface area (Å²) < 4.78 is 5.44. The van der Waals surface area contributed by atoms with Crippen LogP contribution in [-0.4, -0.2) is 28.4 Å². The number of amides is 1. The lowest BCUT2D eigenvalue weighted by Gasteiger charge is -2.21. The van der Waals surface area contributed by atoms with Crippen molar-refractivity contribution in [2.45, 2.75) is 45.7 Å². The zero-order valence-electron chi connectivity index (χ0n) is 13.6. The van der Waals surface area contributed by atoms with Crippen LogP contribution in [0, 0.1) is 6.92 Å². The van der Waals surface area contributed by atoms with E-state index in [0.717, 1.165) is 34.9 Å². The molecule has 2 aromatic rings. The van der Waals surface area contributed by atoms with E-state index in [0.29, 0.717) is 25.6 Å². The van der Waals surface area contributed by atoms with Crippen LogP contribution in [0.1, 0.15) is 36.0 Å². The first-order chi connectivity index (χ1) is 11.2. The maximum atomic E-state index is 12.7. The highest BCUT2D eigenvalue weighted by Crippen LogP contribution is 2.29. The van der Waals surface area contributed by atoms with E-state index in [9.17, 15) is 4.79 Å². The van der Waals surface area contributed by atoms with E-state index in [-0.39, 0.29) is 5.91 Å². The van der Waals surface area contributed by atoms with E-state index < -0.39 is 0 Å². The van der Waals surface area contributed by atoms with Crippen LogP contribution in [0.5, 0.6) is 5.75 Å². The summed E-state index contributed by atoms with van der Waals surface area (Å²) in [5, 5.41) is 3.10. The smallest absolute Gasteiger partial charge is 0.227 e. The van der Waals surface area contributed by atoms with Crippen LogP contribution in [0.4, 0.5) is 0 Å². The number of hydrogen-bond donors (Lipinski definition) is 0. The van der Waals surface area contributed by atoms with Crippen molar-refractivity contribution >= 4 is 17.2 Å². The van der Waals surface area contributed by atoms with Gasteiger partial charge in [-0.1, -0.05) is 12.1 Å². The number of aromatic nitrogens is 1. The molecular formula is C18H22N2O2S. The zero-order chi connectivity index (χ0) is 16.2. The molecular weight excluding hydrogens is 308 g/mol. The molecule has 0 N–H and O–H groups in total. The van der Waals surface area contributed by atoms with Crippen LogP contribution >= 0.6 is 11.3 Å². The quantitative estimate of drug-likeness (QED) is 0.779. The summed E-state index contributed by atoms with van der Waals surface area (Å²) >= 11 is 1.64. The Labute approximate surface area is 141 Å². The fraction of sp³-hybridized carbons (Fsp3) is 0.444. The second kappa shape index (κ2) is 7.13. The van der Waals surface area contributed by atoms with Crippen LogP contribution in [-0.2, 0) is 17.8 Å². The molecule has 1 saturated carbocycles. The van der Waals surface area contributed by atoms with Gasteiger partial charge >= 0.3 is 0 Å². The molecule has 23 heavy (non-hydrogen) atoms. The largest absolute Gasteiger partial charge is 0.494 e. The van der Waals surface area contributed by atoms with E-state index in [1.807, 2.05) is 43.0 Å². The summed E-state index contributed by atoms with van der Waals surface area (Å²) in [6.07, 6.45) is 2.66. The molecule has 1 aromatic carbocycles. The van der Waals surface area contributed by atoms with Crippen molar-refractivity contribution in [1.82, 2.24) is 9.88 Å². The molecule has 1 fully saturated rings. The molecule has 0 bridgehead atoms. The summed E-state index contributed by atoms with van der Waals surface area (Å²) in [5.41, 5.74) is 2.03. The van der Waals surface area contributed by atoms with Gasteiger partial charge < -0.3 is 9.64 Å². The van der Waals surface area contributed by atoms with Crippen molar-refractivity contribution in [2.75, 3.05) is 6.61 Å². The molecule has 1 heterocycles. The number of benzene rings is 1. The second-order valence-electron chi connectivity index (χ2n) is 5.86. The molecule has 122 valence electrons. The molecule has 0 saturated heterocycles. The SMILES string of the molecule is CCOc1ccc(CC(=O)N(Cc2csc(C)n2)C2CC2)cc1. The highest BCUT2D eigenvalue weighted by molar-refractivity contribution is 7.09. The highest BCUT2D eigenvalue weighted by Gasteiger charge is 2.32. The minimum absolute atomic E-state index is 0.183. The van der Waals surface area contributed by atoms with Gasteiger partial charge in [0, 0.05) is 11.4 Å². The predicted octanol–water partition coefficient (Wildman–Crippen LogP) is 3.58. The van der Waals surface area contributed by atoms with Gasteiger partial charge in [0.05, 0.1) is 30.3 Å². The third-order valence-corrected chi connectivity index (χ3v) is 4.72. The number of carbonyl (C=O) groups excluding carboxylic acids is 1. The summed E-state index contributed by atoms with van der Waals surface area (Å²) in [5.74, 6) is 1.03. The van der Waals surface area contributed by atoms with Crippen molar-refractivity contribution in [3.8, 4) is 5.75 Å². The summed E-state index contributed by atoms with van der Waals surface area (Å²) in [4.78, 5) is 19.2. The minimum atomic E-state index is 0.183. The molecule has 1 aliphatic rings. The Bertz CT molecular complexity index is 662. The van der Waals surface area contributed by atoms with E-state index >= 15 is 0 Å². The number of carbonyl (C=O) groups is 1. The van der Waals surface area contributed by atoms with Gasteiger partial charge in [0.1, 0.15) is 5.75 Å². The average molecular weight is 330 g/mol. The number of hydrogen-bond acceptors (Lipinski definition) is 4. The normalized spacial score (nSPS) is 13.8. The molecule has 3 rings (SSSR count). The molecule has 1 aliphatic carbocycles. The summed E-state index contributed by atoms with van der Waals surface area (Å²) in [6.45, 7) is 5.24. The first-order valence-electron chi connectivity index (χ1n) is 8.08. The van der Waals surface area contributed by atoms with Gasteiger partial charge in [-0.2, -0.15) is 0 Å². The topological polar surface area (TPSA) is 42.4 Å². The summed E-state index contributed by atoms with van der Waals surface area (Å²) in [7, 11) is 0. The Morgan fingerprint density at radius 3 is 2.65 bits per heavy atom. The molecule has 4 nitrogen and oxygen atoms in total.